The van der Waals surface area contributed by atoms with E-state index in [9.17, 15) is 4.79 Å². The largest absolute Gasteiger partial charge is 0.378 e. The molecule has 4 nitrogen and oxygen atoms in total. The molecule has 2 rings (SSSR count). The van der Waals surface area contributed by atoms with E-state index >= 15 is 0 Å². The quantitative estimate of drug-likeness (QED) is 0.826. The SMILES string of the molecule is Cc1cccc([C@@H](C(=O)N2CCOCC2)N(C)C)c1. The van der Waals surface area contributed by atoms with Crippen LogP contribution in [0.15, 0.2) is 24.3 Å². The van der Waals surface area contributed by atoms with Crippen molar-refractivity contribution < 1.29 is 9.53 Å². The molecule has 1 fully saturated rings. The fourth-order valence-corrected chi connectivity index (χ4v) is 2.46. The first kappa shape index (κ1) is 14.0. The summed E-state index contributed by atoms with van der Waals surface area (Å²) in [5, 5.41) is 0. The molecule has 0 unspecified atom stereocenters. The van der Waals surface area contributed by atoms with Crippen LogP contribution in [0.4, 0.5) is 0 Å². The Morgan fingerprint density at radius 1 is 1.32 bits per heavy atom. The molecule has 0 N–H and O–H groups in total. The minimum absolute atomic E-state index is 0.166. The molecule has 1 amide bonds. The van der Waals surface area contributed by atoms with Gasteiger partial charge in [-0.05, 0) is 26.6 Å². The Balaban J connectivity index is 2.22. The highest BCUT2D eigenvalue weighted by molar-refractivity contribution is 5.83. The number of hydrogen-bond donors (Lipinski definition) is 0. The fourth-order valence-electron chi connectivity index (χ4n) is 2.46. The van der Waals surface area contributed by atoms with Gasteiger partial charge in [-0.1, -0.05) is 29.8 Å². The Morgan fingerprint density at radius 3 is 2.58 bits per heavy atom. The summed E-state index contributed by atoms with van der Waals surface area (Å²) in [6.45, 7) is 4.71. The summed E-state index contributed by atoms with van der Waals surface area (Å²) < 4.78 is 5.31. The molecule has 1 aliphatic rings. The van der Waals surface area contributed by atoms with Crippen LogP contribution in [0.1, 0.15) is 17.2 Å². The van der Waals surface area contributed by atoms with Gasteiger partial charge in [0.1, 0.15) is 6.04 Å². The van der Waals surface area contributed by atoms with Gasteiger partial charge in [0.25, 0.3) is 0 Å². The van der Waals surface area contributed by atoms with Crippen LogP contribution < -0.4 is 0 Å². The molecule has 1 aromatic carbocycles. The maximum atomic E-state index is 12.7. The summed E-state index contributed by atoms with van der Waals surface area (Å²) in [6.07, 6.45) is 0. The molecular formula is C15H22N2O2. The molecule has 1 aliphatic heterocycles. The molecule has 0 aliphatic carbocycles. The third-order valence-corrected chi connectivity index (χ3v) is 3.43. The number of rotatable bonds is 3. The smallest absolute Gasteiger partial charge is 0.244 e. The zero-order chi connectivity index (χ0) is 13.8. The number of hydrogen-bond acceptors (Lipinski definition) is 3. The van der Waals surface area contributed by atoms with E-state index in [4.69, 9.17) is 4.74 Å². The minimum atomic E-state index is -0.210. The van der Waals surface area contributed by atoms with Gasteiger partial charge >= 0.3 is 0 Å². The topological polar surface area (TPSA) is 32.8 Å². The van der Waals surface area contributed by atoms with Crippen LogP contribution in [-0.4, -0.2) is 56.1 Å². The monoisotopic (exact) mass is 262 g/mol. The highest BCUT2D eigenvalue weighted by atomic mass is 16.5. The van der Waals surface area contributed by atoms with Crippen molar-refractivity contribution in [3.8, 4) is 0 Å². The lowest BCUT2D eigenvalue weighted by atomic mass is 10.0. The van der Waals surface area contributed by atoms with Crippen molar-refractivity contribution in [1.82, 2.24) is 9.80 Å². The van der Waals surface area contributed by atoms with Gasteiger partial charge in [-0.2, -0.15) is 0 Å². The van der Waals surface area contributed by atoms with Crippen LogP contribution in [0, 0.1) is 6.92 Å². The molecule has 1 atom stereocenters. The van der Waals surface area contributed by atoms with Crippen LogP contribution in [0.3, 0.4) is 0 Å². The van der Waals surface area contributed by atoms with Crippen LogP contribution in [0.2, 0.25) is 0 Å². The Hall–Kier alpha value is -1.39. The van der Waals surface area contributed by atoms with Crippen LogP contribution in [0.5, 0.6) is 0 Å². The average Bonchev–Trinajstić information content (AvgIpc) is 2.39. The number of likely N-dealkylation sites (N-methyl/N-ethyl adjacent to an activating group) is 1. The molecule has 4 heteroatoms. The van der Waals surface area contributed by atoms with E-state index in [0.29, 0.717) is 26.3 Å². The van der Waals surface area contributed by atoms with Gasteiger partial charge in [0.05, 0.1) is 13.2 Å². The number of carbonyl (C=O) groups is 1. The molecule has 0 saturated carbocycles. The van der Waals surface area contributed by atoms with Crippen molar-refractivity contribution in [3.63, 3.8) is 0 Å². The first-order chi connectivity index (χ1) is 9.09. The Bertz CT molecular complexity index is 440. The van der Waals surface area contributed by atoms with E-state index < -0.39 is 0 Å². The van der Waals surface area contributed by atoms with Crippen molar-refractivity contribution in [2.75, 3.05) is 40.4 Å². The highest BCUT2D eigenvalue weighted by Gasteiger charge is 2.28. The highest BCUT2D eigenvalue weighted by Crippen LogP contribution is 2.22. The maximum absolute atomic E-state index is 12.7. The summed E-state index contributed by atoms with van der Waals surface area (Å²) in [6, 6.07) is 7.96. The summed E-state index contributed by atoms with van der Waals surface area (Å²) in [5.74, 6) is 0.166. The average molecular weight is 262 g/mol. The second-order valence-electron chi connectivity index (χ2n) is 5.22. The molecule has 104 valence electrons. The normalized spacial score (nSPS) is 17.6. The molecule has 1 aromatic rings. The predicted octanol–water partition coefficient (Wildman–Crippen LogP) is 1.46. The standard InChI is InChI=1S/C15H22N2O2/c1-12-5-4-6-13(11-12)14(16(2)3)15(18)17-7-9-19-10-8-17/h4-6,11,14H,7-10H2,1-3H3/t14-/m0/s1. The fraction of sp³-hybridized carbons (Fsp3) is 0.533. The molecule has 1 saturated heterocycles. The second kappa shape index (κ2) is 6.17. The lowest BCUT2D eigenvalue weighted by Gasteiger charge is -2.33. The number of carbonyl (C=O) groups excluding carboxylic acids is 1. The molecule has 1 heterocycles. The van der Waals surface area contributed by atoms with E-state index in [1.165, 1.54) is 5.56 Å². The number of aryl methyl sites for hydroxylation is 1. The summed E-state index contributed by atoms with van der Waals surface area (Å²) in [5.41, 5.74) is 2.24. The van der Waals surface area contributed by atoms with Crippen molar-refractivity contribution >= 4 is 5.91 Å². The van der Waals surface area contributed by atoms with E-state index in [1.54, 1.807) is 0 Å². The predicted molar refractivity (Wildman–Crippen MR) is 75.0 cm³/mol. The van der Waals surface area contributed by atoms with E-state index in [2.05, 4.69) is 19.1 Å². The number of benzene rings is 1. The lowest BCUT2D eigenvalue weighted by Crippen LogP contribution is -2.46. The Labute approximate surface area is 115 Å². The molecule has 19 heavy (non-hydrogen) atoms. The molecule has 0 aromatic heterocycles. The number of ether oxygens (including phenoxy) is 1. The van der Waals surface area contributed by atoms with E-state index in [0.717, 1.165) is 5.56 Å². The Kier molecular flexibility index (Phi) is 4.56. The third kappa shape index (κ3) is 3.33. The first-order valence-electron chi connectivity index (χ1n) is 6.69. The Morgan fingerprint density at radius 2 is 2.00 bits per heavy atom. The van der Waals surface area contributed by atoms with Crippen LogP contribution in [-0.2, 0) is 9.53 Å². The van der Waals surface area contributed by atoms with Gasteiger partial charge < -0.3 is 9.64 Å². The van der Waals surface area contributed by atoms with Gasteiger partial charge in [0.2, 0.25) is 5.91 Å². The summed E-state index contributed by atoms with van der Waals surface area (Å²) in [4.78, 5) is 16.6. The van der Waals surface area contributed by atoms with Crippen molar-refractivity contribution in [2.45, 2.75) is 13.0 Å². The lowest BCUT2D eigenvalue weighted by molar-refractivity contribution is -0.140. The van der Waals surface area contributed by atoms with Crippen LogP contribution in [0.25, 0.3) is 0 Å². The van der Waals surface area contributed by atoms with Gasteiger partial charge in [0, 0.05) is 13.1 Å². The van der Waals surface area contributed by atoms with Crippen molar-refractivity contribution in [2.24, 2.45) is 0 Å². The van der Waals surface area contributed by atoms with Crippen LogP contribution >= 0.6 is 0 Å². The first-order valence-corrected chi connectivity index (χ1v) is 6.69. The molecule has 0 bridgehead atoms. The molecular weight excluding hydrogens is 240 g/mol. The number of nitrogens with zero attached hydrogens (tertiary/aromatic N) is 2. The minimum Gasteiger partial charge on any atom is -0.378 e. The van der Waals surface area contributed by atoms with Crippen molar-refractivity contribution in [3.05, 3.63) is 35.4 Å². The van der Waals surface area contributed by atoms with Crippen molar-refractivity contribution in [1.29, 1.82) is 0 Å². The summed E-state index contributed by atoms with van der Waals surface area (Å²) in [7, 11) is 3.90. The molecule has 0 radical (unpaired) electrons. The zero-order valence-electron chi connectivity index (χ0n) is 11.9. The molecule has 0 spiro atoms. The zero-order valence-corrected chi connectivity index (χ0v) is 11.9. The third-order valence-electron chi connectivity index (χ3n) is 3.43. The second-order valence-corrected chi connectivity index (χ2v) is 5.22. The maximum Gasteiger partial charge on any atom is 0.244 e. The van der Waals surface area contributed by atoms with Gasteiger partial charge in [-0.3, -0.25) is 9.69 Å². The van der Waals surface area contributed by atoms with E-state index in [-0.39, 0.29) is 11.9 Å². The van der Waals surface area contributed by atoms with E-state index in [1.807, 2.05) is 36.0 Å². The number of amides is 1. The number of morpholine rings is 1. The van der Waals surface area contributed by atoms with Gasteiger partial charge in [-0.15, -0.1) is 0 Å². The van der Waals surface area contributed by atoms with Gasteiger partial charge in [0.15, 0.2) is 0 Å². The van der Waals surface area contributed by atoms with Gasteiger partial charge in [-0.25, -0.2) is 0 Å². The summed E-state index contributed by atoms with van der Waals surface area (Å²) >= 11 is 0.